The molecule has 1 fully saturated rings. The Morgan fingerprint density at radius 2 is 1.74 bits per heavy atom. The number of benzene rings is 2. The fourth-order valence-corrected chi connectivity index (χ4v) is 4.04. The maximum absolute atomic E-state index is 13.0. The molecule has 0 saturated heterocycles. The third-order valence-electron chi connectivity index (χ3n) is 5.81. The van der Waals surface area contributed by atoms with E-state index < -0.39 is 40.2 Å². The second-order valence-electron chi connectivity index (χ2n) is 7.86. The van der Waals surface area contributed by atoms with Gasteiger partial charge in [0, 0.05) is 23.8 Å². The number of alkyl halides is 3. The Bertz CT molecular complexity index is 1060. The highest BCUT2D eigenvalue weighted by Crippen LogP contribution is 2.66. The van der Waals surface area contributed by atoms with Gasteiger partial charge in [-0.1, -0.05) is 67.9 Å². The highest BCUT2D eigenvalue weighted by atomic mass is 35.5. The fraction of sp³-hybridized carbons (Fsp3) is 0.364. The number of allylic oxidation sites excluding steroid dienone is 1. The van der Waals surface area contributed by atoms with E-state index in [1.807, 2.05) is 30.3 Å². The van der Waals surface area contributed by atoms with Gasteiger partial charge >= 0.3 is 18.2 Å². The van der Waals surface area contributed by atoms with E-state index in [0.29, 0.717) is 11.8 Å². The molecule has 5 nitrogen and oxygen atoms in total. The fourth-order valence-electron chi connectivity index (χ4n) is 3.91. The van der Waals surface area contributed by atoms with Crippen LogP contribution < -0.4 is 4.90 Å². The first-order chi connectivity index (χ1) is 14.4. The molecule has 9 heteroatoms. The van der Waals surface area contributed by atoms with Gasteiger partial charge < -0.3 is 9.47 Å². The van der Waals surface area contributed by atoms with Crippen LogP contribution in [0.2, 0.25) is 0 Å². The third kappa shape index (κ3) is 3.73. The maximum Gasteiger partial charge on any atom is 0.426 e. The number of halogens is 4. The Morgan fingerprint density at radius 1 is 1.13 bits per heavy atom. The Labute approximate surface area is 182 Å². The molecule has 166 valence electrons. The van der Waals surface area contributed by atoms with Crippen molar-refractivity contribution in [2.75, 3.05) is 19.1 Å². The van der Waals surface area contributed by atoms with Gasteiger partial charge in [0.2, 0.25) is 5.60 Å². The SMILES string of the molecule is COC(=O)C1(OC(=O)N(C)c2cccc3ccccc23)C(C=C(Cl)C(F)(F)F)C1(C)C. The molecular weight excluding hydrogens is 435 g/mol. The molecule has 1 saturated carbocycles. The topological polar surface area (TPSA) is 55.8 Å². The number of amides is 1. The van der Waals surface area contributed by atoms with Crippen molar-refractivity contribution in [2.45, 2.75) is 25.6 Å². The number of ether oxygens (including phenoxy) is 2. The van der Waals surface area contributed by atoms with Crippen molar-refractivity contribution in [3.8, 4) is 0 Å². The molecule has 2 atom stereocenters. The number of methoxy groups -OCH3 is 1. The molecule has 0 aliphatic heterocycles. The molecule has 31 heavy (non-hydrogen) atoms. The van der Waals surface area contributed by atoms with Crippen LogP contribution in [-0.4, -0.2) is 38.0 Å². The predicted octanol–water partition coefficient (Wildman–Crippen LogP) is 5.67. The van der Waals surface area contributed by atoms with Crippen molar-refractivity contribution < 1.29 is 32.2 Å². The largest absolute Gasteiger partial charge is 0.466 e. The number of carbonyl (C=O) groups excluding carboxylic acids is 2. The summed E-state index contributed by atoms with van der Waals surface area (Å²) in [4.78, 5) is 26.8. The second-order valence-corrected chi connectivity index (χ2v) is 8.27. The maximum atomic E-state index is 13.0. The van der Waals surface area contributed by atoms with Gasteiger partial charge in [0.1, 0.15) is 5.03 Å². The first kappa shape index (κ1) is 22.9. The van der Waals surface area contributed by atoms with Crippen molar-refractivity contribution in [2.24, 2.45) is 11.3 Å². The first-order valence-electron chi connectivity index (χ1n) is 9.35. The predicted molar refractivity (Wildman–Crippen MR) is 111 cm³/mol. The summed E-state index contributed by atoms with van der Waals surface area (Å²) < 4.78 is 49.2. The zero-order chi connectivity index (χ0) is 23.2. The van der Waals surface area contributed by atoms with Crippen LogP contribution in [0.25, 0.3) is 10.8 Å². The quantitative estimate of drug-likeness (QED) is 0.558. The molecule has 0 bridgehead atoms. The van der Waals surface area contributed by atoms with E-state index >= 15 is 0 Å². The number of hydrogen-bond acceptors (Lipinski definition) is 4. The minimum atomic E-state index is -4.79. The van der Waals surface area contributed by atoms with E-state index in [1.165, 1.54) is 25.8 Å². The molecule has 0 spiro atoms. The lowest BCUT2D eigenvalue weighted by Gasteiger charge is -2.24. The monoisotopic (exact) mass is 455 g/mol. The molecule has 3 rings (SSSR count). The number of carbonyl (C=O) groups is 2. The summed E-state index contributed by atoms with van der Waals surface area (Å²) in [7, 11) is 2.53. The molecule has 0 N–H and O–H groups in total. The zero-order valence-corrected chi connectivity index (χ0v) is 18.0. The van der Waals surface area contributed by atoms with Gasteiger partial charge in [0.05, 0.1) is 12.8 Å². The van der Waals surface area contributed by atoms with Gasteiger partial charge in [-0.25, -0.2) is 9.59 Å². The molecule has 2 aromatic rings. The Hall–Kier alpha value is -2.74. The number of nitrogens with zero attached hydrogens (tertiary/aromatic N) is 1. The zero-order valence-electron chi connectivity index (χ0n) is 17.3. The van der Waals surface area contributed by atoms with Gasteiger partial charge in [0.15, 0.2) is 0 Å². The van der Waals surface area contributed by atoms with Crippen molar-refractivity contribution in [3.63, 3.8) is 0 Å². The van der Waals surface area contributed by atoms with Gasteiger partial charge in [-0.2, -0.15) is 13.2 Å². The van der Waals surface area contributed by atoms with E-state index in [-0.39, 0.29) is 0 Å². The van der Waals surface area contributed by atoms with Gasteiger partial charge in [-0.05, 0) is 11.5 Å². The number of fused-ring (bicyclic) bond motifs is 1. The normalized spacial score (nSPS) is 22.7. The summed E-state index contributed by atoms with van der Waals surface area (Å²) in [5.41, 5.74) is -2.59. The van der Waals surface area contributed by atoms with E-state index in [2.05, 4.69) is 0 Å². The molecule has 0 radical (unpaired) electrons. The highest BCUT2D eigenvalue weighted by Gasteiger charge is 2.80. The van der Waals surface area contributed by atoms with Gasteiger partial charge in [-0.3, -0.25) is 4.90 Å². The van der Waals surface area contributed by atoms with Crippen LogP contribution in [0.15, 0.2) is 53.6 Å². The summed E-state index contributed by atoms with van der Waals surface area (Å²) in [6, 6.07) is 12.7. The summed E-state index contributed by atoms with van der Waals surface area (Å²) in [5.74, 6) is -2.07. The number of anilines is 1. The summed E-state index contributed by atoms with van der Waals surface area (Å²) in [5, 5.41) is 0.254. The van der Waals surface area contributed by atoms with Crippen LogP contribution in [0.5, 0.6) is 0 Å². The summed E-state index contributed by atoms with van der Waals surface area (Å²) in [6.07, 6.45) is -5.00. The second kappa shape index (κ2) is 7.75. The highest BCUT2D eigenvalue weighted by molar-refractivity contribution is 6.30. The molecule has 2 unspecified atom stereocenters. The molecule has 2 aromatic carbocycles. The van der Waals surface area contributed by atoms with Crippen molar-refractivity contribution in [1.82, 2.24) is 0 Å². The lowest BCUT2D eigenvalue weighted by molar-refractivity contribution is -0.155. The van der Waals surface area contributed by atoms with E-state index in [0.717, 1.165) is 17.9 Å². The van der Waals surface area contributed by atoms with E-state index in [4.69, 9.17) is 21.1 Å². The lowest BCUT2D eigenvalue weighted by atomic mass is 10.1. The summed E-state index contributed by atoms with van der Waals surface area (Å²) >= 11 is 5.39. The Kier molecular flexibility index (Phi) is 5.73. The van der Waals surface area contributed by atoms with Crippen LogP contribution in [0.4, 0.5) is 23.7 Å². The van der Waals surface area contributed by atoms with E-state index in [9.17, 15) is 22.8 Å². The number of hydrogen-bond donors (Lipinski definition) is 0. The van der Waals surface area contributed by atoms with Gasteiger partial charge in [-0.15, -0.1) is 0 Å². The minimum Gasteiger partial charge on any atom is -0.466 e. The van der Waals surface area contributed by atoms with E-state index in [1.54, 1.807) is 12.1 Å². The first-order valence-corrected chi connectivity index (χ1v) is 9.73. The summed E-state index contributed by atoms with van der Waals surface area (Å²) in [6.45, 7) is 3.02. The van der Waals surface area contributed by atoms with Crippen LogP contribution in [-0.2, 0) is 14.3 Å². The van der Waals surface area contributed by atoms with Crippen LogP contribution in [0.1, 0.15) is 13.8 Å². The third-order valence-corrected chi connectivity index (χ3v) is 6.15. The van der Waals surface area contributed by atoms with Gasteiger partial charge in [0.25, 0.3) is 0 Å². The Morgan fingerprint density at radius 3 is 2.35 bits per heavy atom. The van der Waals surface area contributed by atoms with Crippen molar-refractivity contribution in [1.29, 1.82) is 0 Å². The minimum absolute atomic E-state index is 0.516. The molecule has 1 aliphatic carbocycles. The number of esters is 1. The van der Waals surface area contributed by atoms with Crippen molar-refractivity contribution >= 4 is 40.1 Å². The average molecular weight is 456 g/mol. The smallest absolute Gasteiger partial charge is 0.426 e. The van der Waals surface area contributed by atoms with Crippen molar-refractivity contribution in [3.05, 3.63) is 53.6 Å². The molecule has 0 aromatic heterocycles. The standard InChI is InChI=1S/C22H21ClF3NO4/c1-20(2)16(12-17(23)22(24,25)26)21(20,18(28)30-4)31-19(29)27(3)15-11-7-9-13-8-5-6-10-14(13)15/h5-12,16H,1-4H3. The van der Waals surface area contributed by atoms with Crippen LogP contribution in [0.3, 0.4) is 0 Å². The molecule has 1 aliphatic rings. The molecular formula is C22H21ClF3NO4. The Balaban J connectivity index is 1.97. The van der Waals surface area contributed by atoms with Crippen LogP contribution >= 0.6 is 11.6 Å². The average Bonchev–Trinajstić information content (AvgIpc) is 3.19. The van der Waals surface area contributed by atoms with Crippen LogP contribution in [0, 0.1) is 11.3 Å². The lowest BCUT2D eigenvalue weighted by Crippen LogP contribution is -2.40. The molecule has 0 heterocycles. The number of rotatable bonds is 4. The molecule has 1 amide bonds.